The summed E-state index contributed by atoms with van der Waals surface area (Å²) >= 11 is 5.51. The fraction of sp³-hybridized carbons (Fsp3) is 0.188. The van der Waals surface area contributed by atoms with E-state index in [0.717, 1.165) is 11.1 Å². The van der Waals surface area contributed by atoms with Gasteiger partial charge in [0.15, 0.2) is 5.78 Å². The van der Waals surface area contributed by atoms with E-state index < -0.39 is 52.6 Å². The molecule has 0 saturated heterocycles. The molecule has 5 nitrogen and oxygen atoms in total. The molecular weight excluding hydrogens is 397 g/mol. The number of nitrogens with zero attached hydrogens (tertiary/aromatic N) is 2. The Kier molecular flexibility index (Phi) is 4.77. The average molecular weight is 406 g/mol. The van der Waals surface area contributed by atoms with Crippen LogP contribution in [-0.2, 0) is 12.7 Å². The van der Waals surface area contributed by atoms with Crippen molar-refractivity contribution in [1.82, 2.24) is 9.88 Å². The van der Waals surface area contributed by atoms with Crippen LogP contribution in [0.25, 0.3) is 0 Å². The average Bonchev–Trinajstić information content (AvgIpc) is 2.56. The van der Waals surface area contributed by atoms with E-state index >= 15 is 0 Å². The van der Waals surface area contributed by atoms with Gasteiger partial charge >= 0.3 is 12.2 Å². The van der Waals surface area contributed by atoms with Crippen LogP contribution in [0.5, 0.6) is 0 Å². The Balaban J connectivity index is 1.83. The van der Waals surface area contributed by atoms with Crippen molar-refractivity contribution in [2.45, 2.75) is 12.7 Å². The van der Waals surface area contributed by atoms with E-state index in [1.54, 1.807) is 0 Å². The van der Waals surface area contributed by atoms with Crippen molar-refractivity contribution in [3.05, 3.63) is 57.9 Å². The van der Waals surface area contributed by atoms with E-state index in [-0.39, 0.29) is 23.7 Å². The lowest BCUT2D eigenvalue weighted by molar-refractivity contribution is -0.137. The van der Waals surface area contributed by atoms with E-state index in [9.17, 15) is 31.5 Å². The lowest BCUT2D eigenvalue weighted by Gasteiger charge is -2.28. The molecule has 0 radical (unpaired) electrons. The van der Waals surface area contributed by atoms with Gasteiger partial charge in [0.2, 0.25) is 5.95 Å². The van der Waals surface area contributed by atoms with Gasteiger partial charge in [0.05, 0.1) is 28.4 Å². The van der Waals surface area contributed by atoms with Crippen LogP contribution in [0.2, 0.25) is 5.02 Å². The third kappa shape index (κ3) is 3.70. The molecule has 0 spiro atoms. The second kappa shape index (κ2) is 6.76. The Labute approximate surface area is 153 Å². The van der Waals surface area contributed by atoms with Crippen LogP contribution >= 0.6 is 11.6 Å². The number of Topliss-reactive ketones (excluding diaryl/α,β-unsaturated/α-hetero) is 1. The van der Waals surface area contributed by atoms with Crippen molar-refractivity contribution in [2.75, 3.05) is 11.9 Å². The number of anilines is 1. The molecule has 1 aliphatic heterocycles. The Hall–Kier alpha value is -2.75. The standard InChI is InChI=1S/C16H9ClF5N3O2/c17-9-4-11(10(18)3-8(9)16(20,21)22)24-15(27)25-5-7-1-2-23-14(19)13(7)12(26)6-25/h1-4H,5-6H2,(H,24,27). The number of nitrogens with one attached hydrogen (secondary N) is 1. The van der Waals surface area contributed by atoms with Crippen molar-refractivity contribution < 1.29 is 31.5 Å². The number of pyridine rings is 1. The predicted octanol–water partition coefficient (Wildman–Crippen LogP) is 4.26. The summed E-state index contributed by atoms with van der Waals surface area (Å²) in [4.78, 5) is 28.6. The summed E-state index contributed by atoms with van der Waals surface area (Å²) in [6.07, 6.45) is -3.74. The molecule has 11 heteroatoms. The number of rotatable bonds is 1. The number of hydrogen-bond donors (Lipinski definition) is 1. The molecule has 1 aromatic carbocycles. The molecule has 0 unspecified atom stereocenters. The summed E-state index contributed by atoms with van der Waals surface area (Å²) in [5.74, 6) is -3.01. The van der Waals surface area contributed by atoms with Gasteiger partial charge in [-0.15, -0.1) is 0 Å². The molecule has 2 amide bonds. The van der Waals surface area contributed by atoms with E-state index in [1.807, 2.05) is 0 Å². The summed E-state index contributed by atoms with van der Waals surface area (Å²) in [6.45, 7) is -0.667. The second-order valence-corrected chi connectivity index (χ2v) is 6.06. The van der Waals surface area contributed by atoms with E-state index in [2.05, 4.69) is 10.3 Å². The van der Waals surface area contributed by atoms with Gasteiger partial charge in [-0.2, -0.15) is 17.6 Å². The SMILES string of the molecule is O=C1CN(C(=O)Nc2cc(Cl)c(C(F)(F)F)cc2F)Cc2ccnc(F)c21. The molecule has 2 heterocycles. The minimum Gasteiger partial charge on any atom is -0.312 e. The molecule has 2 aromatic rings. The molecule has 0 fully saturated rings. The number of aromatic nitrogens is 1. The number of halogens is 6. The lowest BCUT2D eigenvalue weighted by atomic mass is 10.0. The molecule has 0 bridgehead atoms. The topological polar surface area (TPSA) is 62.3 Å². The molecule has 1 N–H and O–H groups in total. The summed E-state index contributed by atoms with van der Waals surface area (Å²) in [5.41, 5.74) is -1.99. The molecule has 3 rings (SSSR count). The molecule has 0 aliphatic carbocycles. The number of carbonyl (C=O) groups is 2. The number of fused-ring (bicyclic) bond motifs is 1. The molecule has 1 aliphatic rings. The Bertz CT molecular complexity index is 948. The minimum atomic E-state index is -4.86. The maximum Gasteiger partial charge on any atom is 0.417 e. The van der Waals surface area contributed by atoms with Gasteiger partial charge in [-0.3, -0.25) is 4.79 Å². The lowest BCUT2D eigenvalue weighted by Crippen LogP contribution is -2.42. The summed E-state index contributed by atoms with van der Waals surface area (Å²) in [6, 6.07) is 1.18. The van der Waals surface area contributed by atoms with Gasteiger partial charge < -0.3 is 10.2 Å². The van der Waals surface area contributed by atoms with Crippen LogP contribution in [-0.4, -0.2) is 28.2 Å². The molecule has 27 heavy (non-hydrogen) atoms. The van der Waals surface area contributed by atoms with Crippen LogP contribution < -0.4 is 5.32 Å². The zero-order valence-electron chi connectivity index (χ0n) is 13.2. The zero-order chi connectivity index (χ0) is 19.9. The van der Waals surface area contributed by atoms with Crippen molar-refractivity contribution in [3.8, 4) is 0 Å². The highest BCUT2D eigenvalue weighted by atomic mass is 35.5. The first kappa shape index (κ1) is 19.0. The maximum absolute atomic E-state index is 13.9. The van der Waals surface area contributed by atoms with E-state index in [0.29, 0.717) is 6.07 Å². The number of amides is 2. The number of benzene rings is 1. The van der Waals surface area contributed by atoms with Crippen molar-refractivity contribution >= 4 is 29.1 Å². The highest BCUT2D eigenvalue weighted by Gasteiger charge is 2.35. The Morgan fingerprint density at radius 2 is 1.93 bits per heavy atom. The minimum absolute atomic E-state index is 0.162. The van der Waals surface area contributed by atoms with Crippen LogP contribution in [0.15, 0.2) is 24.4 Å². The third-order valence-corrected chi connectivity index (χ3v) is 4.17. The van der Waals surface area contributed by atoms with E-state index in [1.165, 1.54) is 6.07 Å². The Morgan fingerprint density at radius 3 is 2.59 bits per heavy atom. The first-order valence-electron chi connectivity index (χ1n) is 7.36. The predicted molar refractivity (Wildman–Crippen MR) is 84.4 cm³/mol. The monoisotopic (exact) mass is 405 g/mol. The fourth-order valence-corrected chi connectivity index (χ4v) is 2.88. The molecule has 1 aromatic heterocycles. The van der Waals surface area contributed by atoms with Gasteiger partial charge in [-0.05, 0) is 23.8 Å². The number of ketones is 1. The summed E-state index contributed by atoms with van der Waals surface area (Å²) in [7, 11) is 0. The van der Waals surface area contributed by atoms with Crippen LogP contribution in [0, 0.1) is 11.8 Å². The van der Waals surface area contributed by atoms with Crippen LogP contribution in [0.1, 0.15) is 21.5 Å². The summed E-state index contributed by atoms with van der Waals surface area (Å²) in [5, 5.41) is 1.27. The fourth-order valence-electron chi connectivity index (χ4n) is 2.61. The van der Waals surface area contributed by atoms with Crippen molar-refractivity contribution in [1.29, 1.82) is 0 Å². The quantitative estimate of drug-likeness (QED) is 0.569. The smallest absolute Gasteiger partial charge is 0.312 e. The summed E-state index contributed by atoms with van der Waals surface area (Å²) < 4.78 is 65.7. The highest BCUT2D eigenvalue weighted by Crippen LogP contribution is 2.37. The first-order chi connectivity index (χ1) is 12.6. The first-order valence-corrected chi connectivity index (χ1v) is 7.74. The highest BCUT2D eigenvalue weighted by molar-refractivity contribution is 6.31. The second-order valence-electron chi connectivity index (χ2n) is 5.65. The van der Waals surface area contributed by atoms with E-state index in [4.69, 9.17) is 11.6 Å². The Morgan fingerprint density at radius 1 is 1.22 bits per heavy atom. The number of alkyl halides is 3. The molecule has 142 valence electrons. The van der Waals surface area contributed by atoms with Crippen molar-refractivity contribution in [3.63, 3.8) is 0 Å². The van der Waals surface area contributed by atoms with Crippen LogP contribution in [0.4, 0.5) is 32.4 Å². The van der Waals surface area contributed by atoms with Gasteiger partial charge in [0, 0.05) is 12.7 Å². The van der Waals surface area contributed by atoms with Gasteiger partial charge in [0.25, 0.3) is 0 Å². The molecule has 0 saturated carbocycles. The number of carbonyl (C=O) groups excluding carboxylic acids is 2. The van der Waals surface area contributed by atoms with Gasteiger partial charge in [-0.1, -0.05) is 11.6 Å². The van der Waals surface area contributed by atoms with Crippen LogP contribution in [0.3, 0.4) is 0 Å². The number of urea groups is 1. The van der Waals surface area contributed by atoms with Gasteiger partial charge in [-0.25, -0.2) is 14.2 Å². The van der Waals surface area contributed by atoms with Crippen molar-refractivity contribution in [2.24, 2.45) is 0 Å². The molecule has 0 atom stereocenters. The normalized spacial score (nSPS) is 14.1. The molecular formula is C16H9ClF5N3O2. The van der Waals surface area contributed by atoms with Gasteiger partial charge in [0.1, 0.15) is 5.82 Å². The zero-order valence-corrected chi connectivity index (χ0v) is 14.0. The number of hydrogen-bond acceptors (Lipinski definition) is 3. The maximum atomic E-state index is 13.9. The largest absolute Gasteiger partial charge is 0.417 e. The third-order valence-electron chi connectivity index (χ3n) is 3.86.